The van der Waals surface area contributed by atoms with E-state index in [1.807, 2.05) is 13.0 Å². The van der Waals surface area contributed by atoms with Crippen molar-refractivity contribution in [3.63, 3.8) is 0 Å². The Kier molecular flexibility index (Phi) is 4.33. The summed E-state index contributed by atoms with van der Waals surface area (Å²) in [5, 5.41) is 12.7. The highest BCUT2D eigenvalue weighted by atomic mass is 32.2. The van der Waals surface area contributed by atoms with Gasteiger partial charge in [0.15, 0.2) is 0 Å². The van der Waals surface area contributed by atoms with E-state index in [0.29, 0.717) is 4.90 Å². The Labute approximate surface area is 127 Å². The van der Waals surface area contributed by atoms with Crippen molar-refractivity contribution in [2.45, 2.75) is 44.0 Å². The van der Waals surface area contributed by atoms with Gasteiger partial charge in [-0.3, -0.25) is 0 Å². The molecule has 0 bridgehead atoms. The molecule has 1 aliphatic heterocycles. The van der Waals surface area contributed by atoms with Crippen molar-refractivity contribution in [3.05, 3.63) is 23.3 Å². The second-order valence-corrected chi connectivity index (χ2v) is 8.15. The largest absolute Gasteiger partial charge is 0.394 e. The molecule has 5 nitrogen and oxygen atoms in total. The number of hydrogen-bond donors (Lipinski definition) is 2. The molecule has 0 spiro atoms. The number of rotatable bonds is 4. The Morgan fingerprint density at radius 2 is 2.05 bits per heavy atom. The fourth-order valence-electron chi connectivity index (χ4n) is 2.53. The van der Waals surface area contributed by atoms with E-state index in [0.717, 1.165) is 36.2 Å². The van der Waals surface area contributed by atoms with E-state index < -0.39 is 15.6 Å². The predicted octanol–water partition coefficient (Wildman–Crippen LogP) is 1.74. The molecule has 2 rings (SSSR count). The SMILES string of the molecule is Cc1ccc(S(=O)(=O)N(C)C(C)(C)CO)c2c1NCCC2. The van der Waals surface area contributed by atoms with E-state index in [1.54, 1.807) is 19.9 Å². The van der Waals surface area contributed by atoms with Gasteiger partial charge in [0.2, 0.25) is 10.0 Å². The van der Waals surface area contributed by atoms with Gasteiger partial charge in [0.25, 0.3) is 0 Å². The van der Waals surface area contributed by atoms with Gasteiger partial charge in [-0.05, 0) is 50.8 Å². The summed E-state index contributed by atoms with van der Waals surface area (Å²) in [5.74, 6) is 0. The maximum Gasteiger partial charge on any atom is 0.243 e. The molecule has 0 atom stereocenters. The number of nitrogens with one attached hydrogen (secondary N) is 1. The number of sulfonamides is 1. The molecule has 1 aromatic rings. The van der Waals surface area contributed by atoms with Gasteiger partial charge >= 0.3 is 0 Å². The van der Waals surface area contributed by atoms with E-state index >= 15 is 0 Å². The van der Waals surface area contributed by atoms with E-state index in [1.165, 1.54) is 11.4 Å². The molecule has 0 aromatic heterocycles. The number of anilines is 1. The average Bonchev–Trinajstić information content (AvgIpc) is 2.46. The Morgan fingerprint density at radius 3 is 2.67 bits per heavy atom. The fraction of sp³-hybridized carbons (Fsp3) is 0.600. The van der Waals surface area contributed by atoms with Gasteiger partial charge in [0, 0.05) is 19.3 Å². The van der Waals surface area contributed by atoms with Crippen LogP contribution in [0.1, 0.15) is 31.4 Å². The highest BCUT2D eigenvalue weighted by molar-refractivity contribution is 7.89. The summed E-state index contributed by atoms with van der Waals surface area (Å²) in [6.45, 7) is 6.05. The van der Waals surface area contributed by atoms with Crippen LogP contribution < -0.4 is 5.32 Å². The van der Waals surface area contributed by atoms with Gasteiger partial charge in [-0.1, -0.05) is 6.07 Å². The first-order valence-electron chi connectivity index (χ1n) is 7.18. The number of benzene rings is 1. The van der Waals surface area contributed by atoms with Crippen molar-refractivity contribution in [2.24, 2.45) is 0 Å². The molecule has 0 saturated heterocycles. The van der Waals surface area contributed by atoms with Crippen molar-refractivity contribution in [3.8, 4) is 0 Å². The molecular weight excluding hydrogens is 288 g/mol. The Hall–Kier alpha value is -1.11. The molecule has 21 heavy (non-hydrogen) atoms. The Morgan fingerprint density at radius 1 is 1.38 bits per heavy atom. The molecule has 1 aliphatic rings. The lowest BCUT2D eigenvalue weighted by Crippen LogP contribution is -2.47. The molecule has 0 fully saturated rings. The molecule has 2 N–H and O–H groups in total. The van der Waals surface area contributed by atoms with Crippen LogP contribution in [0.2, 0.25) is 0 Å². The first-order chi connectivity index (χ1) is 9.71. The van der Waals surface area contributed by atoms with E-state index in [-0.39, 0.29) is 6.61 Å². The van der Waals surface area contributed by atoms with Crippen molar-refractivity contribution in [1.82, 2.24) is 4.31 Å². The smallest absolute Gasteiger partial charge is 0.243 e. The minimum Gasteiger partial charge on any atom is -0.394 e. The first-order valence-corrected chi connectivity index (χ1v) is 8.62. The minimum atomic E-state index is -3.63. The Balaban J connectivity index is 2.56. The monoisotopic (exact) mass is 312 g/mol. The zero-order valence-corrected chi connectivity index (χ0v) is 13.9. The topological polar surface area (TPSA) is 69.6 Å². The van der Waals surface area contributed by atoms with Crippen LogP contribution in [0.25, 0.3) is 0 Å². The Bertz CT molecular complexity index is 639. The zero-order chi connectivity index (χ0) is 15.8. The second kappa shape index (κ2) is 5.59. The molecule has 0 saturated carbocycles. The summed E-state index contributed by atoms with van der Waals surface area (Å²) in [4.78, 5) is 0.347. The molecule has 1 heterocycles. The molecule has 0 unspecified atom stereocenters. The van der Waals surface area contributed by atoms with Crippen LogP contribution in [0.5, 0.6) is 0 Å². The maximum atomic E-state index is 12.9. The number of hydrogen-bond acceptors (Lipinski definition) is 4. The third-order valence-electron chi connectivity index (χ3n) is 4.26. The quantitative estimate of drug-likeness (QED) is 0.888. The lowest BCUT2D eigenvalue weighted by atomic mass is 10.00. The lowest BCUT2D eigenvalue weighted by Gasteiger charge is -2.34. The van der Waals surface area contributed by atoms with Crippen LogP contribution in [0.4, 0.5) is 5.69 Å². The van der Waals surface area contributed by atoms with Crippen LogP contribution in [0.3, 0.4) is 0 Å². The van der Waals surface area contributed by atoms with Crippen molar-refractivity contribution < 1.29 is 13.5 Å². The summed E-state index contributed by atoms with van der Waals surface area (Å²) in [6.07, 6.45) is 1.68. The predicted molar refractivity (Wildman–Crippen MR) is 84.1 cm³/mol. The lowest BCUT2D eigenvalue weighted by molar-refractivity contribution is 0.138. The van der Waals surface area contributed by atoms with Gasteiger partial charge < -0.3 is 10.4 Å². The van der Waals surface area contributed by atoms with Crippen molar-refractivity contribution in [1.29, 1.82) is 0 Å². The molecule has 118 valence electrons. The maximum absolute atomic E-state index is 12.9. The summed E-state index contributed by atoms with van der Waals surface area (Å²) in [7, 11) is -2.11. The average molecular weight is 312 g/mol. The summed E-state index contributed by atoms with van der Waals surface area (Å²) < 4.78 is 27.1. The number of aliphatic hydroxyl groups excluding tert-OH is 1. The van der Waals surface area contributed by atoms with Crippen LogP contribution in [-0.2, 0) is 16.4 Å². The molecule has 0 radical (unpaired) electrons. The van der Waals surface area contributed by atoms with E-state index in [2.05, 4.69) is 5.32 Å². The third kappa shape index (κ3) is 2.80. The fourth-order valence-corrected chi connectivity index (χ4v) is 4.29. The van der Waals surface area contributed by atoms with Crippen LogP contribution in [-0.4, -0.2) is 43.6 Å². The molecule has 0 amide bonds. The number of fused-ring (bicyclic) bond motifs is 1. The van der Waals surface area contributed by atoms with Gasteiger partial charge in [-0.15, -0.1) is 0 Å². The van der Waals surface area contributed by atoms with Crippen LogP contribution in [0.15, 0.2) is 17.0 Å². The molecular formula is C15H24N2O3S. The van der Waals surface area contributed by atoms with Gasteiger partial charge in [-0.2, -0.15) is 4.31 Å². The highest BCUT2D eigenvalue weighted by Gasteiger charge is 2.35. The van der Waals surface area contributed by atoms with Gasteiger partial charge in [0.1, 0.15) is 0 Å². The van der Waals surface area contributed by atoms with Gasteiger partial charge in [-0.25, -0.2) is 8.42 Å². The molecule has 1 aromatic carbocycles. The van der Waals surface area contributed by atoms with Crippen molar-refractivity contribution >= 4 is 15.7 Å². The number of aryl methyl sites for hydroxylation is 1. The highest BCUT2D eigenvalue weighted by Crippen LogP contribution is 2.34. The number of aliphatic hydroxyl groups is 1. The van der Waals surface area contributed by atoms with Crippen LogP contribution >= 0.6 is 0 Å². The summed E-state index contributed by atoms with van der Waals surface area (Å²) >= 11 is 0. The summed E-state index contributed by atoms with van der Waals surface area (Å²) in [6, 6.07) is 3.52. The van der Waals surface area contributed by atoms with Gasteiger partial charge in [0.05, 0.1) is 17.0 Å². The minimum absolute atomic E-state index is 0.227. The second-order valence-electron chi connectivity index (χ2n) is 6.21. The van der Waals surface area contributed by atoms with E-state index in [9.17, 15) is 13.5 Å². The number of nitrogens with zero attached hydrogens (tertiary/aromatic N) is 1. The zero-order valence-electron chi connectivity index (χ0n) is 13.1. The standard InChI is InChI=1S/C15H24N2O3S/c1-11-7-8-13(12-6-5-9-16-14(11)12)21(19,20)17(4)15(2,3)10-18/h7-8,16,18H,5-6,9-10H2,1-4H3. The van der Waals surface area contributed by atoms with Crippen molar-refractivity contribution in [2.75, 3.05) is 25.5 Å². The normalized spacial score (nSPS) is 15.7. The van der Waals surface area contributed by atoms with E-state index in [4.69, 9.17) is 0 Å². The molecule has 0 aliphatic carbocycles. The summed E-state index contributed by atoms with van der Waals surface area (Å²) in [5.41, 5.74) is 2.03. The first kappa shape index (κ1) is 16.3. The van der Waals surface area contributed by atoms with Crippen LogP contribution in [0, 0.1) is 6.92 Å². The number of likely N-dealkylation sites (N-methyl/N-ethyl adjacent to an activating group) is 1. The molecule has 6 heteroatoms. The third-order valence-corrected chi connectivity index (χ3v) is 6.42.